The first-order valence-electron chi connectivity index (χ1n) is 12.2. The number of allylic oxidation sites excluding steroid dienone is 2. The Morgan fingerprint density at radius 2 is 0.972 bits per heavy atom. The van der Waals surface area contributed by atoms with Gasteiger partial charge in [0, 0.05) is 12.1 Å². The molecule has 0 N–H and O–H groups in total. The first-order chi connectivity index (χ1) is 17.5. The molecule has 2 aliphatic heterocycles. The summed E-state index contributed by atoms with van der Waals surface area (Å²) in [5.41, 5.74) is 0.981. The van der Waals surface area contributed by atoms with Crippen molar-refractivity contribution in [1.29, 1.82) is 0 Å². The minimum absolute atomic E-state index is 0.125. The molecule has 182 valence electrons. The predicted octanol–water partition coefficient (Wildman–Crippen LogP) is 2.68. The number of carbonyl (C=O) groups is 4. The first kappa shape index (κ1) is 21.4. The number of ether oxygens (including phenoxy) is 2. The topological polar surface area (TPSA) is 93.2 Å². The zero-order chi connectivity index (χ0) is 24.9. The molecule has 0 radical (unpaired) electrons. The molecule has 4 fully saturated rings. The van der Waals surface area contributed by atoms with E-state index in [1.165, 1.54) is 24.0 Å². The number of nitrogens with zero attached hydrogens (tertiary/aromatic N) is 2. The maximum Gasteiger partial charge on any atom is 0.238 e. The zero-order valence-electron chi connectivity index (χ0n) is 19.7. The molecule has 2 aromatic rings. The molecule has 0 aromatic heterocycles. The largest absolute Gasteiger partial charge is 0.497 e. The Morgan fingerprint density at radius 3 is 1.36 bits per heavy atom. The summed E-state index contributed by atoms with van der Waals surface area (Å²) in [5.74, 6) is -2.52. The second-order valence-corrected chi connectivity index (χ2v) is 10.2. The van der Waals surface area contributed by atoms with E-state index >= 15 is 0 Å². The number of amides is 4. The molecule has 0 spiro atoms. The lowest BCUT2D eigenvalue weighted by atomic mass is 9.40. The van der Waals surface area contributed by atoms with Gasteiger partial charge in [-0.25, -0.2) is 9.80 Å². The second-order valence-electron chi connectivity index (χ2n) is 10.2. The zero-order valence-corrected chi connectivity index (χ0v) is 19.7. The molecule has 36 heavy (non-hydrogen) atoms. The van der Waals surface area contributed by atoms with E-state index in [1.54, 1.807) is 48.5 Å². The summed E-state index contributed by atoms with van der Waals surface area (Å²) in [6.07, 6.45) is 4.02. The van der Waals surface area contributed by atoms with Crippen molar-refractivity contribution in [3.8, 4) is 11.5 Å². The number of fused-ring (bicyclic) bond motifs is 1. The van der Waals surface area contributed by atoms with Crippen molar-refractivity contribution in [1.82, 2.24) is 0 Å². The lowest BCUT2D eigenvalue weighted by Crippen LogP contribution is -2.63. The van der Waals surface area contributed by atoms with Crippen LogP contribution in [0.2, 0.25) is 0 Å². The summed E-state index contributed by atoms with van der Waals surface area (Å²) in [6.45, 7) is 0. The molecule has 6 aliphatic rings. The van der Waals surface area contributed by atoms with Crippen molar-refractivity contribution >= 4 is 35.0 Å². The molecule has 2 bridgehead atoms. The molecule has 8 rings (SSSR count). The Hall–Kier alpha value is -3.94. The maximum atomic E-state index is 13.7. The van der Waals surface area contributed by atoms with Gasteiger partial charge in [0.2, 0.25) is 23.6 Å². The molecule has 2 saturated heterocycles. The van der Waals surface area contributed by atoms with Crippen LogP contribution in [0.4, 0.5) is 11.4 Å². The second kappa shape index (κ2) is 7.29. The van der Waals surface area contributed by atoms with Crippen LogP contribution in [0.15, 0.2) is 60.7 Å². The van der Waals surface area contributed by atoms with Gasteiger partial charge in [-0.15, -0.1) is 0 Å². The van der Waals surface area contributed by atoms with Crippen molar-refractivity contribution in [3.63, 3.8) is 0 Å². The van der Waals surface area contributed by atoms with Gasteiger partial charge in [0.1, 0.15) is 11.5 Å². The number of carbonyl (C=O) groups excluding carboxylic acids is 4. The molecule has 8 heteroatoms. The van der Waals surface area contributed by atoms with Gasteiger partial charge in [0.15, 0.2) is 0 Å². The lowest BCUT2D eigenvalue weighted by molar-refractivity contribution is -0.166. The fourth-order valence-electron chi connectivity index (χ4n) is 7.61. The van der Waals surface area contributed by atoms with Gasteiger partial charge in [0.25, 0.3) is 0 Å². The summed E-state index contributed by atoms with van der Waals surface area (Å²) < 4.78 is 10.6. The summed E-state index contributed by atoms with van der Waals surface area (Å²) in [4.78, 5) is 57.0. The summed E-state index contributed by atoms with van der Waals surface area (Å²) in [5, 5.41) is 0. The van der Waals surface area contributed by atoms with E-state index in [-0.39, 0.29) is 47.3 Å². The van der Waals surface area contributed by atoms with E-state index < -0.39 is 23.7 Å². The van der Waals surface area contributed by atoms with Crippen LogP contribution in [0, 0.1) is 47.3 Å². The van der Waals surface area contributed by atoms with Gasteiger partial charge < -0.3 is 9.47 Å². The van der Waals surface area contributed by atoms with Crippen molar-refractivity contribution in [2.75, 3.05) is 24.0 Å². The van der Waals surface area contributed by atoms with Crippen molar-refractivity contribution in [2.24, 2.45) is 47.3 Å². The molecule has 2 aromatic carbocycles. The van der Waals surface area contributed by atoms with Crippen LogP contribution < -0.4 is 19.3 Å². The van der Waals surface area contributed by atoms with E-state index in [9.17, 15) is 19.2 Å². The van der Waals surface area contributed by atoms with Crippen LogP contribution in [-0.4, -0.2) is 37.8 Å². The number of anilines is 2. The van der Waals surface area contributed by atoms with E-state index in [0.29, 0.717) is 22.9 Å². The Kier molecular flexibility index (Phi) is 4.32. The predicted molar refractivity (Wildman–Crippen MR) is 128 cm³/mol. The molecule has 4 aliphatic carbocycles. The van der Waals surface area contributed by atoms with Gasteiger partial charge >= 0.3 is 0 Å². The van der Waals surface area contributed by atoms with Crippen molar-refractivity contribution < 1.29 is 28.7 Å². The molecule has 4 amide bonds. The Balaban J connectivity index is 1.24. The normalized spacial score (nSPS) is 35.5. The molecule has 0 unspecified atom stereocenters. The van der Waals surface area contributed by atoms with Gasteiger partial charge in [-0.05, 0) is 47.9 Å². The number of benzene rings is 2. The number of rotatable bonds is 4. The summed E-state index contributed by atoms with van der Waals surface area (Å²) in [6, 6.07) is 13.9. The van der Waals surface area contributed by atoms with Crippen LogP contribution in [0.3, 0.4) is 0 Å². The van der Waals surface area contributed by atoms with Crippen LogP contribution in [-0.2, 0) is 19.2 Å². The monoisotopic (exact) mass is 484 g/mol. The van der Waals surface area contributed by atoms with Gasteiger partial charge in [-0.1, -0.05) is 24.3 Å². The fraction of sp³-hybridized carbons (Fsp3) is 0.357. The minimum atomic E-state index is -0.519. The average molecular weight is 485 g/mol. The fourth-order valence-corrected chi connectivity index (χ4v) is 7.61. The Morgan fingerprint density at radius 1 is 0.583 bits per heavy atom. The molecule has 8 nitrogen and oxygen atoms in total. The smallest absolute Gasteiger partial charge is 0.238 e. The minimum Gasteiger partial charge on any atom is -0.497 e. The Labute approximate surface area is 207 Å². The Bertz CT molecular complexity index is 1330. The van der Waals surface area contributed by atoms with Crippen molar-refractivity contribution in [2.45, 2.75) is 0 Å². The number of methoxy groups -OCH3 is 2. The van der Waals surface area contributed by atoms with Crippen LogP contribution >= 0.6 is 0 Å². The number of hydrogen-bond acceptors (Lipinski definition) is 6. The summed E-state index contributed by atoms with van der Waals surface area (Å²) >= 11 is 0. The molecule has 2 heterocycles. The SMILES string of the molecule is COc1cccc(N2C(=O)[C@H]3[C@H]4C=C[C@@H]([C@@H]3C2=O)[C@H]2[C@H]3C(=O)N(c5cccc(OC)c5)C(=O)[C@@H]3[C@H]42)c1. The average Bonchev–Trinajstić information content (AvgIpc) is 3.27. The van der Waals surface area contributed by atoms with E-state index in [2.05, 4.69) is 0 Å². The van der Waals surface area contributed by atoms with E-state index in [4.69, 9.17) is 9.47 Å². The molecule has 2 saturated carbocycles. The van der Waals surface area contributed by atoms with Crippen LogP contribution in [0.1, 0.15) is 0 Å². The third-order valence-corrected chi connectivity index (χ3v) is 8.97. The van der Waals surface area contributed by atoms with Crippen LogP contribution in [0.25, 0.3) is 0 Å². The maximum absolute atomic E-state index is 13.7. The van der Waals surface area contributed by atoms with Crippen molar-refractivity contribution in [3.05, 3.63) is 60.7 Å². The molecular weight excluding hydrogens is 460 g/mol. The highest BCUT2D eigenvalue weighted by Gasteiger charge is 2.75. The third kappa shape index (κ3) is 2.49. The number of hydrogen-bond donors (Lipinski definition) is 0. The summed E-state index contributed by atoms with van der Waals surface area (Å²) in [7, 11) is 3.08. The van der Waals surface area contributed by atoms with Crippen LogP contribution in [0.5, 0.6) is 11.5 Å². The van der Waals surface area contributed by atoms with Gasteiger partial charge in [0.05, 0.1) is 49.3 Å². The van der Waals surface area contributed by atoms with E-state index in [1.807, 2.05) is 12.2 Å². The first-order valence-corrected chi connectivity index (χ1v) is 12.2. The molecule has 8 atom stereocenters. The lowest BCUT2D eigenvalue weighted by Gasteiger charge is -2.60. The van der Waals surface area contributed by atoms with Gasteiger partial charge in [-0.2, -0.15) is 0 Å². The van der Waals surface area contributed by atoms with Gasteiger partial charge in [-0.3, -0.25) is 19.2 Å². The highest BCUT2D eigenvalue weighted by molar-refractivity contribution is 6.25. The highest BCUT2D eigenvalue weighted by atomic mass is 16.5. The van der Waals surface area contributed by atoms with E-state index in [0.717, 1.165) is 0 Å². The third-order valence-electron chi connectivity index (χ3n) is 8.97. The quantitative estimate of drug-likeness (QED) is 0.489. The standard InChI is InChI=1S/C28H24N2O6/c1-35-15-7-3-5-13(11-15)29-25(31)21-17-9-10-18(22(21)26(29)32)20-19(17)23-24(20)28(34)30(27(23)33)14-6-4-8-16(12-14)36-2/h3-12,17-24H,1-2H3/t17-,18+,19-,20-,21+,22+,23-,24-/m1/s1. The number of imide groups is 2. The highest BCUT2D eigenvalue weighted by Crippen LogP contribution is 2.68. The molecular formula is C28H24N2O6.